The van der Waals surface area contributed by atoms with Crippen LogP contribution in [0.3, 0.4) is 0 Å². The number of likely N-dealkylation sites (tertiary alicyclic amines) is 1. The third-order valence-electron chi connectivity index (χ3n) is 6.12. The Morgan fingerprint density at radius 2 is 2.00 bits per heavy atom. The fourth-order valence-electron chi connectivity index (χ4n) is 4.51. The van der Waals surface area contributed by atoms with Gasteiger partial charge in [0.15, 0.2) is 0 Å². The zero-order valence-corrected chi connectivity index (χ0v) is 16.5. The van der Waals surface area contributed by atoms with Crippen molar-refractivity contribution >= 4 is 5.91 Å². The number of hydrogen-bond acceptors (Lipinski definition) is 3. The molecule has 4 nitrogen and oxygen atoms in total. The highest BCUT2D eigenvalue weighted by Gasteiger charge is 2.43. The highest BCUT2D eigenvalue weighted by molar-refractivity contribution is 5.78. The van der Waals surface area contributed by atoms with Crippen LogP contribution in [0.25, 0.3) is 0 Å². The van der Waals surface area contributed by atoms with Gasteiger partial charge in [-0.3, -0.25) is 4.79 Å². The van der Waals surface area contributed by atoms with Crippen LogP contribution in [0.5, 0.6) is 5.75 Å². The molecule has 26 heavy (non-hydrogen) atoms. The standard InChI is InChI=1S/C22H33NO3/c1-17(2)20-15-22(11-14-26-20,18-9-5-6-10-19(18)25-3)16-21(24)23-12-7-4-8-13-23/h5-6,9-10,17,20H,4,7-8,11-16H2,1-3H3/t20-,22-/m1/s1. The number of carbonyl (C=O) groups is 1. The Morgan fingerprint density at radius 1 is 1.27 bits per heavy atom. The fraction of sp³-hybridized carbons (Fsp3) is 0.682. The van der Waals surface area contributed by atoms with Crippen molar-refractivity contribution in [1.29, 1.82) is 0 Å². The van der Waals surface area contributed by atoms with Gasteiger partial charge in [-0.2, -0.15) is 0 Å². The third-order valence-corrected chi connectivity index (χ3v) is 6.12. The van der Waals surface area contributed by atoms with Gasteiger partial charge in [0.25, 0.3) is 0 Å². The van der Waals surface area contributed by atoms with E-state index >= 15 is 0 Å². The molecule has 0 radical (unpaired) electrons. The molecule has 0 aromatic heterocycles. The topological polar surface area (TPSA) is 38.8 Å². The summed E-state index contributed by atoms with van der Waals surface area (Å²) in [7, 11) is 1.72. The first-order chi connectivity index (χ1) is 12.6. The third kappa shape index (κ3) is 4.06. The molecule has 2 atom stereocenters. The number of benzene rings is 1. The predicted molar refractivity (Wildman–Crippen MR) is 104 cm³/mol. The van der Waals surface area contributed by atoms with Crippen LogP contribution in [0.2, 0.25) is 0 Å². The van der Waals surface area contributed by atoms with Crippen molar-refractivity contribution < 1.29 is 14.3 Å². The fourth-order valence-corrected chi connectivity index (χ4v) is 4.51. The highest BCUT2D eigenvalue weighted by atomic mass is 16.5. The SMILES string of the molecule is COc1ccccc1[C@]1(CC(=O)N2CCCCC2)CCO[C@@H](C(C)C)C1. The van der Waals surface area contributed by atoms with Crippen molar-refractivity contribution in [3.8, 4) is 5.75 Å². The van der Waals surface area contributed by atoms with E-state index in [2.05, 4.69) is 30.9 Å². The number of rotatable bonds is 5. The number of hydrogen-bond donors (Lipinski definition) is 0. The molecule has 3 rings (SSSR count). The Bertz CT molecular complexity index is 609. The molecule has 1 aromatic carbocycles. The molecule has 2 heterocycles. The lowest BCUT2D eigenvalue weighted by atomic mass is 9.68. The van der Waals surface area contributed by atoms with E-state index in [4.69, 9.17) is 9.47 Å². The smallest absolute Gasteiger partial charge is 0.223 e. The summed E-state index contributed by atoms with van der Waals surface area (Å²) in [4.78, 5) is 15.2. The van der Waals surface area contributed by atoms with E-state index < -0.39 is 0 Å². The maximum atomic E-state index is 13.2. The number of piperidine rings is 1. The Morgan fingerprint density at radius 3 is 2.69 bits per heavy atom. The van der Waals surface area contributed by atoms with Gasteiger partial charge in [-0.05, 0) is 44.1 Å². The van der Waals surface area contributed by atoms with Crippen molar-refractivity contribution in [2.45, 2.75) is 63.9 Å². The van der Waals surface area contributed by atoms with Crippen LogP contribution in [0.15, 0.2) is 24.3 Å². The molecule has 0 N–H and O–H groups in total. The number of ether oxygens (including phenoxy) is 2. The van der Waals surface area contributed by atoms with Crippen LogP contribution < -0.4 is 4.74 Å². The molecule has 2 saturated heterocycles. The summed E-state index contributed by atoms with van der Waals surface area (Å²) in [6.45, 7) is 6.93. The van der Waals surface area contributed by atoms with Gasteiger partial charge in [-0.1, -0.05) is 32.0 Å². The zero-order valence-electron chi connectivity index (χ0n) is 16.5. The van der Waals surface area contributed by atoms with Crippen LogP contribution in [0.4, 0.5) is 0 Å². The zero-order chi connectivity index (χ0) is 18.6. The lowest BCUT2D eigenvalue weighted by molar-refractivity contribution is -0.135. The molecular formula is C22H33NO3. The second-order valence-corrected chi connectivity index (χ2v) is 8.21. The Kier molecular flexibility index (Phi) is 6.23. The van der Waals surface area contributed by atoms with Crippen LogP contribution in [-0.2, 0) is 14.9 Å². The molecule has 2 fully saturated rings. The van der Waals surface area contributed by atoms with Gasteiger partial charge in [-0.25, -0.2) is 0 Å². The number of carbonyl (C=O) groups excluding carboxylic acids is 1. The number of methoxy groups -OCH3 is 1. The van der Waals surface area contributed by atoms with E-state index in [1.807, 2.05) is 12.1 Å². The van der Waals surface area contributed by atoms with Crippen molar-refractivity contribution in [3.05, 3.63) is 29.8 Å². The van der Waals surface area contributed by atoms with Gasteiger partial charge < -0.3 is 14.4 Å². The molecule has 4 heteroatoms. The summed E-state index contributed by atoms with van der Waals surface area (Å²) < 4.78 is 11.7. The normalized spacial score (nSPS) is 26.8. The van der Waals surface area contributed by atoms with E-state index in [1.54, 1.807) is 7.11 Å². The molecule has 1 aromatic rings. The molecule has 0 aliphatic carbocycles. The van der Waals surface area contributed by atoms with Crippen LogP contribution in [0.1, 0.15) is 57.9 Å². The minimum absolute atomic E-state index is 0.183. The Hall–Kier alpha value is -1.55. The minimum Gasteiger partial charge on any atom is -0.496 e. The highest BCUT2D eigenvalue weighted by Crippen LogP contribution is 2.45. The van der Waals surface area contributed by atoms with E-state index in [9.17, 15) is 4.79 Å². The van der Waals surface area contributed by atoms with Crippen molar-refractivity contribution in [2.24, 2.45) is 5.92 Å². The predicted octanol–water partition coefficient (Wildman–Crippen LogP) is 4.17. The van der Waals surface area contributed by atoms with Crippen LogP contribution in [-0.4, -0.2) is 43.7 Å². The van der Waals surface area contributed by atoms with Crippen molar-refractivity contribution in [3.63, 3.8) is 0 Å². The van der Waals surface area contributed by atoms with Gasteiger partial charge in [0.1, 0.15) is 5.75 Å². The summed E-state index contributed by atoms with van der Waals surface area (Å²) in [6.07, 6.45) is 5.99. The van der Waals surface area contributed by atoms with E-state index in [0.717, 1.165) is 44.5 Å². The maximum Gasteiger partial charge on any atom is 0.223 e. The lowest BCUT2D eigenvalue weighted by Gasteiger charge is -2.44. The second kappa shape index (κ2) is 8.43. The molecule has 0 unspecified atom stereocenters. The second-order valence-electron chi connectivity index (χ2n) is 8.21. The summed E-state index contributed by atoms with van der Waals surface area (Å²) in [5.74, 6) is 1.62. The first-order valence-corrected chi connectivity index (χ1v) is 10.1. The molecule has 2 aliphatic rings. The Labute approximate surface area is 157 Å². The maximum absolute atomic E-state index is 13.2. The summed E-state index contributed by atoms with van der Waals surface area (Å²) in [5.41, 5.74) is 0.968. The summed E-state index contributed by atoms with van der Waals surface area (Å²) in [6, 6.07) is 8.22. The van der Waals surface area contributed by atoms with Gasteiger partial charge in [0.2, 0.25) is 5.91 Å². The van der Waals surface area contributed by atoms with E-state index in [-0.39, 0.29) is 11.5 Å². The van der Waals surface area contributed by atoms with Crippen LogP contribution in [0, 0.1) is 5.92 Å². The molecule has 0 bridgehead atoms. The molecule has 0 spiro atoms. The molecule has 2 aliphatic heterocycles. The lowest BCUT2D eigenvalue weighted by Crippen LogP contribution is -2.46. The Balaban J connectivity index is 1.92. The molecule has 0 saturated carbocycles. The van der Waals surface area contributed by atoms with Crippen molar-refractivity contribution in [1.82, 2.24) is 4.90 Å². The van der Waals surface area contributed by atoms with Gasteiger partial charge in [0.05, 0.1) is 13.2 Å². The quantitative estimate of drug-likeness (QED) is 0.792. The summed E-state index contributed by atoms with van der Waals surface area (Å²) >= 11 is 0. The molecular weight excluding hydrogens is 326 g/mol. The van der Waals surface area contributed by atoms with Gasteiger partial charge >= 0.3 is 0 Å². The first-order valence-electron chi connectivity index (χ1n) is 10.1. The van der Waals surface area contributed by atoms with E-state index in [0.29, 0.717) is 24.9 Å². The first kappa shape index (κ1) is 19.2. The van der Waals surface area contributed by atoms with Gasteiger partial charge in [-0.15, -0.1) is 0 Å². The number of nitrogens with zero attached hydrogens (tertiary/aromatic N) is 1. The number of para-hydroxylation sites is 1. The van der Waals surface area contributed by atoms with Gasteiger partial charge in [0, 0.05) is 37.1 Å². The molecule has 1 amide bonds. The summed E-state index contributed by atoms with van der Waals surface area (Å²) in [5, 5.41) is 0. The van der Waals surface area contributed by atoms with Crippen LogP contribution >= 0.6 is 0 Å². The van der Waals surface area contributed by atoms with Crippen molar-refractivity contribution in [2.75, 3.05) is 26.8 Å². The average molecular weight is 360 g/mol. The number of amides is 1. The molecule has 144 valence electrons. The minimum atomic E-state index is -0.200. The largest absolute Gasteiger partial charge is 0.496 e. The monoisotopic (exact) mass is 359 g/mol. The van der Waals surface area contributed by atoms with E-state index in [1.165, 1.54) is 12.0 Å². The average Bonchev–Trinajstić information content (AvgIpc) is 2.68.